The molecule has 0 amide bonds. The molecule has 2 aliphatic rings. The van der Waals surface area contributed by atoms with Crippen LogP contribution in [0.2, 0.25) is 0 Å². The first kappa shape index (κ1) is 12.4. The van der Waals surface area contributed by atoms with E-state index in [1.807, 2.05) is 6.92 Å². The molecule has 2 heteroatoms. The first-order valence-corrected chi connectivity index (χ1v) is 7.02. The van der Waals surface area contributed by atoms with Gasteiger partial charge in [-0.05, 0) is 51.4 Å². The fraction of sp³-hybridized carbons (Fsp3) is 1.00. The van der Waals surface area contributed by atoms with Crippen LogP contribution in [0.5, 0.6) is 0 Å². The Hall–Kier alpha value is -0.0800. The van der Waals surface area contributed by atoms with E-state index in [0.717, 1.165) is 19.4 Å². The molecule has 2 fully saturated rings. The Bertz CT molecular complexity index is 201. The molecule has 1 saturated carbocycles. The molecular weight excluding hydrogens is 200 g/mol. The maximum atomic E-state index is 10.5. The van der Waals surface area contributed by atoms with Gasteiger partial charge in [0.2, 0.25) is 0 Å². The lowest BCUT2D eigenvalue weighted by Gasteiger charge is -2.36. The summed E-state index contributed by atoms with van der Waals surface area (Å²) < 4.78 is 5.62. The number of rotatable bonds is 4. The van der Waals surface area contributed by atoms with E-state index in [2.05, 4.69) is 0 Å². The topological polar surface area (TPSA) is 29.5 Å². The van der Waals surface area contributed by atoms with E-state index in [-0.39, 0.29) is 0 Å². The Morgan fingerprint density at radius 1 is 1.12 bits per heavy atom. The highest BCUT2D eigenvalue weighted by Crippen LogP contribution is 2.36. The summed E-state index contributed by atoms with van der Waals surface area (Å²) in [5.41, 5.74) is -0.452. The van der Waals surface area contributed by atoms with Gasteiger partial charge in [0.1, 0.15) is 0 Å². The molecule has 0 bridgehead atoms. The predicted molar refractivity (Wildman–Crippen MR) is 65.4 cm³/mol. The third kappa shape index (κ3) is 3.21. The molecule has 2 nitrogen and oxygen atoms in total. The predicted octanol–water partition coefficient (Wildman–Crippen LogP) is 3.28. The van der Waals surface area contributed by atoms with Crippen molar-refractivity contribution in [1.29, 1.82) is 0 Å². The zero-order valence-corrected chi connectivity index (χ0v) is 10.6. The quantitative estimate of drug-likeness (QED) is 0.797. The van der Waals surface area contributed by atoms with Crippen LogP contribution >= 0.6 is 0 Å². The lowest BCUT2D eigenvalue weighted by molar-refractivity contribution is -0.0352. The van der Waals surface area contributed by atoms with Gasteiger partial charge in [-0.3, -0.25) is 0 Å². The maximum absolute atomic E-state index is 10.5. The molecule has 16 heavy (non-hydrogen) atoms. The summed E-state index contributed by atoms with van der Waals surface area (Å²) >= 11 is 0. The first-order chi connectivity index (χ1) is 7.68. The Morgan fingerprint density at radius 3 is 2.50 bits per heavy atom. The van der Waals surface area contributed by atoms with E-state index < -0.39 is 5.60 Å². The number of hydrogen-bond donors (Lipinski definition) is 1. The standard InChI is InChI=1S/C14H26O2/c1-14(15,12-6-3-2-4-7-12)10-9-13-8-5-11-16-13/h12-13,15H,2-11H2,1H3. The SMILES string of the molecule is CC(O)(CCC1CCCO1)C1CCCCC1. The van der Waals surface area contributed by atoms with Crippen molar-refractivity contribution in [3.8, 4) is 0 Å². The van der Waals surface area contributed by atoms with Gasteiger partial charge >= 0.3 is 0 Å². The van der Waals surface area contributed by atoms with Crippen LogP contribution in [0.4, 0.5) is 0 Å². The van der Waals surface area contributed by atoms with Crippen molar-refractivity contribution in [3.63, 3.8) is 0 Å². The summed E-state index contributed by atoms with van der Waals surface area (Å²) in [5, 5.41) is 10.5. The average molecular weight is 226 g/mol. The van der Waals surface area contributed by atoms with Gasteiger partial charge in [-0.2, -0.15) is 0 Å². The minimum atomic E-state index is -0.452. The van der Waals surface area contributed by atoms with E-state index in [1.165, 1.54) is 44.9 Å². The highest BCUT2D eigenvalue weighted by atomic mass is 16.5. The molecule has 1 aliphatic carbocycles. The molecule has 2 atom stereocenters. The molecule has 0 aromatic heterocycles. The van der Waals surface area contributed by atoms with Crippen molar-refractivity contribution < 1.29 is 9.84 Å². The molecule has 0 radical (unpaired) electrons. The summed E-state index contributed by atoms with van der Waals surface area (Å²) in [6.07, 6.45) is 11.2. The molecule has 94 valence electrons. The van der Waals surface area contributed by atoms with Crippen molar-refractivity contribution >= 4 is 0 Å². The van der Waals surface area contributed by atoms with E-state index in [9.17, 15) is 5.11 Å². The third-order valence-corrected chi connectivity index (χ3v) is 4.48. The molecule has 2 unspecified atom stereocenters. The molecular formula is C14H26O2. The van der Waals surface area contributed by atoms with E-state index in [4.69, 9.17) is 4.74 Å². The zero-order chi connectivity index (χ0) is 11.4. The Balaban J connectivity index is 1.76. The van der Waals surface area contributed by atoms with Gasteiger partial charge in [0, 0.05) is 6.61 Å². The minimum Gasteiger partial charge on any atom is -0.390 e. The summed E-state index contributed by atoms with van der Waals surface area (Å²) in [6.45, 7) is 2.97. The molecule has 1 aliphatic heterocycles. The van der Waals surface area contributed by atoms with Gasteiger partial charge < -0.3 is 9.84 Å². The van der Waals surface area contributed by atoms with Crippen LogP contribution in [-0.4, -0.2) is 23.4 Å². The van der Waals surface area contributed by atoms with E-state index >= 15 is 0 Å². The largest absolute Gasteiger partial charge is 0.390 e. The highest BCUT2D eigenvalue weighted by Gasteiger charge is 2.33. The summed E-state index contributed by atoms with van der Waals surface area (Å²) in [7, 11) is 0. The van der Waals surface area contributed by atoms with Crippen molar-refractivity contribution in [2.24, 2.45) is 5.92 Å². The second-order valence-electron chi connectivity index (χ2n) is 5.87. The van der Waals surface area contributed by atoms with Crippen LogP contribution in [0.1, 0.15) is 64.7 Å². The maximum Gasteiger partial charge on any atom is 0.0648 e. The van der Waals surface area contributed by atoms with Crippen LogP contribution in [0.25, 0.3) is 0 Å². The van der Waals surface area contributed by atoms with Gasteiger partial charge in [-0.25, -0.2) is 0 Å². The Labute approximate surface area is 99.4 Å². The smallest absolute Gasteiger partial charge is 0.0648 e. The summed E-state index contributed by atoms with van der Waals surface area (Å²) in [4.78, 5) is 0. The van der Waals surface area contributed by atoms with Gasteiger partial charge in [-0.15, -0.1) is 0 Å². The Kier molecular flexibility index (Phi) is 4.26. The number of ether oxygens (including phenoxy) is 1. The molecule has 2 rings (SSSR count). The molecule has 1 heterocycles. The van der Waals surface area contributed by atoms with Crippen LogP contribution < -0.4 is 0 Å². The van der Waals surface area contributed by atoms with Gasteiger partial charge in [-0.1, -0.05) is 19.3 Å². The van der Waals surface area contributed by atoms with E-state index in [0.29, 0.717) is 12.0 Å². The van der Waals surface area contributed by atoms with Crippen LogP contribution in [0.15, 0.2) is 0 Å². The van der Waals surface area contributed by atoms with E-state index in [1.54, 1.807) is 0 Å². The molecule has 0 aromatic rings. The van der Waals surface area contributed by atoms with Crippen molar-refractivity contribution in [3.05, 3.63) is 0 Å². The van der Waals surface area contributed by atoms with Crippen LogP contribution in [0.3, 0.4) is 0 Å². The van der Waals surface area contributed by atoms with Crippen molar-refractivity contribution in [2.75, 3.05) is 6.61 Å². The fourth-order valence-electron chi connectivity index (χ4n) is 3.25. The molecule has 0 spiro atoms. The van der Waals surface area contributed by atoms with Crippen molar-refractivity contribution in [2.45, 2.75) is 76.4 Å². The van der Waals surface area contributed by atoms with Gasteiger partial charge in [0.15, 0.2) is 0 Å². The second kappa shape index (κ2) is 5.50. The lowest BCUT2D eigenvalue weighted by Crippen LogP contribution is -2.36. The first-order valence-electron chi connectivity index (χ1n) is 7.02. The average Bonchev–Trinajstić information content (AvgIpc) is 2.81. The molecule has 1 saturated heterocycles. The number of hydrogen-bond acceptors (Lipinski definition) is 2. The van der Waals surface area contributed by atoms with Crippen molar-refractivity contribution in [1.82, 2.24) is 0 Å². The monoisotopic (exact) mass is 226 g/mol. The van der Waals surface area contributed by atoms with Crippen LogP contribution in [0, 0.1) is 5.92 Å². The lowest BCUT2D eigenvalue weighted by atomic mass is 9.75. The summed E-state index contributed by atoms with van der Waals surface area (Å²) in [5.74, 6) is 0.530. The second-order valence-corrected chi connectivity index (χ2v) is 5.87. The van der Waals surface area contributed by atoms with Gasteiger partial charge in [0.25, 0.3) is 0 Å². The summed E-state index contributed by atoms with van der Waals surface area (Å²) in [6, 6.07) is 0. The highest BCUT2D eigenvalue weighted by molar-refractivity contribution is 4.85. The fourth-order valence-corrected chi connectivity index (χ4v) is 3.25. The molecule has 1 N–H and O–H groups in total. The third-order valence-electron chi connectivity index (χ3n) is 4.48. The Morgan fingerprint density at radius 2 is 1.88 bits per heavy atom. The van der Waals surface area contributed by atoms with Crippen LogP contribution in [-0.2, 0) is 4.74 Å². The normalized spacial score (nSPS) is 31.5. The minimum absolute atomic E-state index is 0.426. The zero-order valence-electron chi connectivity index (χ0n) is 10.6. The van der Waals surface area contributed by atoms with Gasteiger partial charge in [0.05, 0.1) is 11.7 Å². The number of aliphatic hydroxyl groups is 1. The molecule has 0 aromatic carbocycles.